The summed E-state index contributed by atoms with van der Waals surface area (Å²) in [5.41, 5.74) is 2.04. The minimum Gasteiger partial charge on any atom is -0.323 e. The van der Waals surface area contributed by atoms with Gasteiger partial charge in [-0.05, 0) is 13.0 Å². The Balaban J connectivity index is 1.82. The van der Waals surface area contributed by atoms with E-state index in [0.29, 0.717) is 11.5 Å². The fourth-order valence-electron chi connectivity index (χ4n) is 1.75. The van der Waals surface area contributed by atoms with E-state index < -0.39 is 0 Å². The summed E-state index contributed by atoms with van der Waals surface area (Å²) in [7, 11) is 0. The summed E-state index contributed by atoms with van der Waals surface area (Å²) in [5.74, 6) is 0.156. The molecule has 0 atom stereocenters. The summed E-state index contributed by atoms with van der Waals surface area (Å²) in [6.07, 6.45) is 6.54. The number of imidazole rings is 1. The zero-order valence-electron chi connectivity index (χ0n) is 10.3. The summed E-state index contributed by atoms with van der Waals surface area (Å²) < 4.78 is 1.69. The maximum Gasteiger partial charge on any atom is 0.261 e. The molecular formula is C12H12N6O. The van der Waals surface area contributed by atoms with Crippen LogP contribution in [0, 0.1) is 0 Å². The third-order valence-corrected chi connectivity index (χ3v) is 2.73. The van der Waals surface area contributed by atoms with Crippen molar-refractivity contribution in [2.75, 3.05) is 5.32 Å². The first kappa shape index (κ1) is 11.4. The molecule has 96 valence electrons. The van der Waals surface area contributed by atoms with Crippen LogP contribution in [0.3, 0.4) is 0 Å². The van der Waals surface area contributed by atoms with E-state index >= 15 is 0 Å². The highest BCUT2D eigenvalue weighted by molar-refractivity contribution is 6.03. The van der Waals surface area contributed by atoms with Gasteiger partial charge in [0.2, 0.25) is 5.95 Å². The van der Waals surface area contributed by atoms with Gasteiger partial charge in [-0.2, -0.15) is 5.10 Å². The molecule has 3 rings (SSSR count). The lowest BCUT2D eigenvalue weighted by Gasteiger charge is -1.97. The van der Waals surface area contributed by atoms with Crippen LogP contribution in [0.2, 0.25) is 0 Å². The van der Waals surface area contributed by atoms with Gasteiger partial charge >= 0.3 is 0 Å². The summed E-state index contributed by atoms with van der Waals surface area (Å²) in [4.78, 5) is 23.2. The fraction of sp³-hybridized carbons (Fsp3) is 0.167. The molecule has 0 fully saturated rings. The number of rotatable bonds is 3. The highest BCUT2D eigenvalue weighted by atomic mass is 16.1. The molecular weight excluding hydrogens is 244 g/mol. The molecule has 0 saturated heterocycles. The molecule has 3 aromatic rings. The second kappa shape index (κ2) is 4.52. The molecule has 1 amide bonds. The second-order valence-corrected chi connectivity index (χ2v) is 4.02. The first-order valence-electron chi connectivity index (χ1n) is 5.90. The van der Waals surface area contributed by atoms with Crippen molar-refractivity contribution in [2.24, 2.45) is 0 Å². The topological polar surface area (TPSA) is 88.5 Å². The zero-order valence-corrected chi connectivity index (χ0v) is 10.3. The number of aryl methyl sites for hydroxylation is 1. The van der Waals surface area contributed by atoms with Gasteiger partial charge in [0.1, 0.15) is 0 Å². The molecule has 0 aliphatic heterocycles. The average molecular weight is 256 g/mol. The molecule has 0 unspecified atom stereocenters. The predicted molar refractivity (Wildman–Crippen MR) is 69.7 cm³/mol. The first-order valence-corrected chi connectivity index (χ1v) is 5.90. The van der Waals surface area contributed by atoms with E-state index in [4.69, 9.17) is 0 Å². The van der Waals surface area contributed by atoms with E-state index in [1.54, 1.807) is 29.3 Å². The molecule has 19 heavy (non-hydrogen) atoms. The van der Waals surface area contributed by atoms with Crippen LogP contribution in [-0.4, -0.2) is 30.6 Å². The normalized spacial score (nSPS) is 10.8. The van der Waals surface area contributed by atoms with E-state index in [2.05, 4.69) is 25.4 Å². The van der Waals surface area contributed by atoms with Gasteiger partial charge in [0, 0.05) is 18.9 Å². The number of H-pyrrole nitrogens is 1. The lowest BCUT2D eigenvalue weighted by molar-refractivity contribution is 0.102. The molecule has 0 aliphatic rings. The predicted octanol–water partition coefficient (Wildman–Crippen LogP) is 1.43. The Hall–Kier alpha value is -2.70. The highest BCUT2D eigenvalue weighted by Gasteiger charge is 2.11. The number of amides is 1. The van der Waals surface area contributed by atoms with Crippen LogP contribution in [0.1, 0.15) is 17.3 Å². The van der Waals surface area contributed by atoms with Crippen LogP contribution in [0.5, 0.6) is 0 Å². The van der Waals surface area contributed by atoms with Crippen molar-refractivity contribution < 1.29 is 4.79 Å². The van der Waals surface area contributed by atoms with E-state index in [1.165, 1.54) is 6.20 Å². The molecule has 3 aromatic heterocycles. The van der Waals surface area contributed by atoms with Crippen LogP contribution in [0.15, 0.2) is 30.9 Å². The number of anilines is 1. The zero-order chi connectivity index (χ0) is 13.2. The molecule has 7 nitrogen and oxygen atoms in total. The lowest BCUT2D eigenvalue weighted by atomic mass is 10.3. The molecule has 0 saturated carbocycles. The Labute approximate surface area is 108 Å². The number of hydrogen-bond donors (Lipinski definition) is 2. The molecule has 7 heteroatoms. The third kappa shape index (κ3) is 2.17. The number of aromatic amines is 1. The Morgan fingerprint density at radius 2 is 2.37 bits per heavy atom. The second-order valence-electron chi connectivity index (χ2n) is 4.02. The van der Waals surface area contributed by atoms with Crippen molar-refractivity contribution in [1.82, 2.24) is 24.7 Å². The molecule has 2 N–H and O–H groups in total. The molecule has 0 aromatic carbocycles. The monoisotopic (exact) mass is 256 g/mol. The minimum absolute atomic E-state index is 0.244. The minimum atomic E-state index is -0.244. The summed E-state index contributed by atoms with van der Waals surface area (Å²) >= 11 is 0. The van der Waals surface area contributed by atoms with Crippen LogP contribution in [0.4, 0.5) is 5.95 Å². The number of aromatic nitrogens is 5. The maximum atomic E-state index is 12.0. The van der Waals surface area contributed by atoms with E-state index in [1.807, 2.05) is 6.92 Å². The number of carbonyl (C=O) groups excluding carboxylic acids is 1. The Bertz CT molecular complexity index is 695. The van der Waals surface area contributed by atoms with Crippen molar-refractivity contribution >= 4 is 22.9 Å². The van der Waals surface area contributed by atoms with E-state index in [0.717, 1.165) is 17.6 Å². The smallest absolute Gasteiger partial charge is 0.261 e. The molecule has 0 radical (unpaired) electrons. The van der Waals surface area contributed by atoms with Crippen molar-refractivity contribution in [2.45, 2.75) is 13.5 Å². The Morgan fingerprint density at radius 1 is 1.47 bits per heavy atom. The molecule has 0 bridgehead atoms. The van der Waals surface area contributed by atoms with Crippen LogP contribution in [0.25, 0.3) is 11.0 Å². The summed E-state index contributed by atoms with van der Waals surface area (Å²) in [5, 5.41) is 6.75. The van der Waals surface area contributed by atoms with Crippen LogP contribution >= 0.6 is 0 Å². The summed E-state index contributed by atoms with van der Waals surface area (Å²) in [6.45, 7) is 2.69. The number of carbonyl (C=O) groups is 1. The number of hydrogen-bond acceptors (Lipinski definition) is 4. The van der Waals surface area contributed by atoms with Gasteiger partial charge in [-0.25, -0.2) is 4.98 Å². The Morgan fingerprint density at radius 3 is 3.11 bits per heavy atom. The van der Waals surface area contributed by atoms with Crippen molar-refractivity contribution in [3.63, 3.8) is 0 Å². The number of nitrogens with zero attached hydrogens (tertiary/aromatic N) is 4. The standard InChI is InChI=1S/C12H12N6O/c1-2-18-7-8(5-14-18)11(19)17-12-15-9-3-4-13-6-10(9)16-12/h3-7H,2H2,1H3,(H2,15,16,17,19). The molecule has 0 aliphatic carbocycles. The Kier molecular flexibility index (Phi) is 2.71. The largest absolute Gasteiger partial charge is 0.323 e. The quantitative estimate of drug-likeness (QED) is 0.741. The first-order chi connectivity index (χ1) is 9.26. The van der Waals surface area contributed by atoms with Gasteiger partial charge in [0.05, 0.1) is 29.0 Å². The van der Waals surface area contributed by atoms with Crippen LogP contribution in [-0.2, 0) is 6.54 Å². The fourth-order valence-corrected chi connectivity index (χ4v) is 1.75. The van der Waals surface area contributed by atoms with Gasteiger partial charge in [-0.1, -0.05) is 0 Å². The van der Waals surface area contributed by atoms with Crippen LogP contribution < -0.4 is 5.32 Å². The van der Waals surface area contributed by atoms with Crippen molar-refractivity contribution in [3.8, 4) is 0 Å². The van der Waals surface area contributed by atoms with Gasteiger partial charge in [-0.15, -0.1) is 0 Å². The highest BCUT2D eigenvalue weighted by Crippen LogP contribution is 2.12. The van der Waals surface area contributed by atoms with Gasteiger partial charge in [0.25, 0.3) is 5.91 Å². The number of nitrogens with one attached hydrogen (secondary N) is 2. The van der Waals surface area contributed by atoms with E-state index in [-0.39, 0.29) is 5.91 Å². The average Bonchev–Trinajstić information content (AvgIpc) is 3.04. The number of pyridine rings is 1. The molecule has 0 spiro atoms. The molecule has 3 heterocycles. The number of fused-ring (bicyclic) bond motifs is 1. The van der Waals surface area contributed by atoms with Gasteiger partial charge in [-0.3, -0.25) is 19.8 Å². The maximum absolute atomic E-state index is 12.0. The third-order valence-electron chi connectivity index (χ3n) is 2.73. The van der Waals surface area contributed by atoms with Crippen molar-refractivity contribution in [1.29, 1.82) is 0 Å². The summed E-state index contributed by atoms with van der Waals surface area (Å²) in [6, 6.07) is 1.77. The van der Waals surface area contributed by atoms with Gasteiger partial charge in [0.15, 0.2) is 0 Å². The van der Waals surface area contributed by atoms with E-state index in [9.17, 15) is 4.79 Å². The lowest BCUT2D eigenvalue weighted by Crippen LogP contribution is -2.12. The SMILES string of the molecule is CCn1cc(C(=O)Nc2nc3ccncc3[nH]2)cn1. The van der Waals surface area contributed by atoms with Gasteiger partial charge < -0.3 is 4.98 Å². The van der Waals surface area contributed by atoms with Crippen molar-refractivity contribution in [3.05, 3.63) is 36.4 Å².